The SMILES string of the molecule is COc1cc(OC)cc(-c2cccc(C(=O)NC3CCN(P(C)(=O)OCC(C)(C)C)CC3)c2)c1. The van der Waals surface area contributed by atoms with E-state index in [4.69, 9.17) is 14.0 Å². The van der Waals surface area contributed by atoms with Gasteiger partial charge in [0.25, 0.3) is 13.4 Å². The molecule has 7 nitrogen and oxygen atoms in total. The number of carbonyl (C=O) groups excluding carboxylic acids is 1. The zero-order valence-corrected chi connectivity index (χ0v) is 22.0. The first-order valence-electron chi connectivity index (χ1n) is 11.6. The molecule has 0 saturated carbocycles. The van der Waals surface area contributed by atoms with Crippen LogP contribution in [0.15, 0.2) is 42.5 Å². The molecule has 1 unspecified atom stereocenters. The third-order valence-electron chi connectivity index (χ3n) is 5.87. The van der Waals surface area contributed by atoms with Crippen molar-refractivity contribution in [2.45, 2.75) is 39.7 Å². The molecule has 8 heteroatoms. The van der Waals surface area contributed by atoms with Gasteiger partial charge in [-0.2, -0.15) is 0 Å². The van der Waals surface area contributed by atoms with Crippen LogP contribution in [0.5, 0.6) is 11.5 Å². The van der Waals surface area contributed by atoms with Gasteiger partial charge < -0.3 is 19.3 Å². The average molecular weight is 489 g/mol. The summed E-state index contributed by atoms with van der Waals surface area (Å²) < 4.78 is 31.5. The molecule has 1 aliphatic rings. The lowest BCUT2D eigenvalue weighted by Gasteiger charge is -2.36. The van der Waals surface area contributed by atoms with Gasteiger partial charge in [-0.05, 0) is 53.6 Å². The van der Waals surface area contributed by atoms with Crippen LogP contribution >= 0.6 is 7.52 Å². The van der Waals surface area contributed by atoms with Crippen molar-refractivity contribution in [1.29, 1.82) is 0 Å². The second-order valence-electron chi connectivity index (χ2n) is 10.0. The van der Waals surface area contributed by atoms with Gasteiger partial charge in [0.15, 0.2) is 0 Å². The van der Waals surface area contributed by atoms with Crippen molar-refractivity contribution in [1.82, 2.24) is 9.99 Å². The molecule has 1 saturated heterocycles. The Hall–Kier alpha value is -2.34. The fraction of sp³-hybridized carbons (Fsp3) is 0.500. The zero-order chi connectivity index (χ0) is 24.9. The predicted octanol–water partition coefficient (Wildman–Crippen LogP) is 5.45. The lowest BCUT2D eigenvalue weighted by molar-refractivity contribution is 0.0920. The van der Waals surface area contributed by atoms with Gasteiger partial charge in [0, 0.05) is 37.4 Å². The molecule has 186 valence electrons. The summed E-state index contributed by atoms with van der Waals surface area (Å²) in [4.78, 5) is 13.0. The highest BCUT2D eigenvalue weighted by molar-refractivity contribution is 7.55. The van der Waals surface area contributed by atoms with Crippen LogP contribution in [0.4, 0.5) is 0 Å². The Kier molecular flexibility index (Phi) is 8.45. The smallest absolute Gasteiger partial charge is 0.269 e. The van der Waals surface area contributed by atoms with E-state index in [0.717, 1.165) is 24.0 Å². The summed E-state index contributed by atoms with van der Waals surface area (Å²) in [6.45, 7) is 9.60. The second-order valence-corrected chi connectivity index (χ2v) is 12.5. The number of carbonyl (C=O) groups is 1. The van der Waals surface area contributed by atoms with Gasteiger partial charge in [0.05, 0.1) is 20.8 Å². The molecule has 34 heavy (non-hydrogen) atoms. The van der Waals surface area contributed by atoms with Gasteiger partial charge in [0.2, 0.25) is 0 Å². The number of methoxy groups -OCH3 is 2. The van der Waals surface area contributed by atoms with E-state index >= 15 is 0 Å². The molecule has 0 radical (unpaired) electrons. The van der Waals surface area contributed by atoms with Gasteiger partial charge in [-0.1, -0.05) is 32.9 Å². The van der Waals surface area contributed by atoms with E-state index in [9.17, 15) is 9.36 Å². The number of hydrogen-bond donors (Lipinski definition) is 1. The highest BCUT2D eigenvalue weighted by Crippen LogP contribution is 2.49. The summed E-state index contributed by atoms with van der Waals surface area (Å²) in [5, 5.41) is 3.14. The van der Waals surface area contributed by atoms with E-state index in [-0.39, 0.29) is 17.4 Å². The number of nitrogens with zero attached hydrogens (tertiary/aromatic N) is 1. The second kappa shape index (κ2) is 10.9. The molecule has 1 atom stereocenters. The Bertz CT molecular complexity index is 1020. The molecule has 1 fully saturated rings. The van der Waals surface area contributed by atoms with Gasteiger partial charge >= 0.3 is 0 Å². The molecule has 0 aromatic heterocycles. The van der Waals surface area contributed by atoms with Crippen LogP contribution in [0.2, 0.25) is 0 Å². The summed E-state index contributed by atoms with van der Waals surface area (Å²) in [6.07, 6.45) is 1.46. The highest BCUT2D eigenvalue weighted by atomic mass is 31.2. The normalized spacial score (nSPS) is 17.1. The van der Waals surface area contributed by atoms with E-state index in [1.807, 2.05) is 47.1 Å². The highest BCUT2D eigenvalue weighted by Gasteiger charge is 2.32. The lowest BCUT2D eigenvalue weighted by Crippen LogP contribution is -2.43. The van der Waals surface area contributed by atoms with E-state index < -0.39 is 7.52 Å². The molecule has 0 spiro atoms. The lowest BCUT2D eigenvalue weighted by atomic mass is 9.99. The van der Waals surface area contributed by atoms with Crippen molar-refractivity contribution >= 4 is 13.4 Å². The first-order valence-corrected chi connectivity index (χ1v) is 13.6. The molecule has 0 bridgehead atoms. The number of rotatable bonds is 8. The van der Waals surface area contributed by atoms with Crippen molar-refractivity contribution in [3.63, 3.8) is 0 Å². The quantitative estimate of drug-likeness (QED) is 0.498. The molecular weight excluding hydrogens is 451 g/mol. The maximum atomic E-state index is 13.0. The van der Waals surface area contributed by atoms with Crippen LogP contribution in [-0.2, 0) is 9.09 Å². The minimum Gasteiger partial charge on any atom is -0.497 e. The Morgan fingerprint density at radius 1 is 1.03 bits per heavy atom. The Morgan fingerprint density at radius 2 is 1.65 bits per heavy atom. The monoisotopic (exact) mass is 488 g/mol. The van der Waals surface area contributed by atoms with Crippen LogP contribution in [0, 0.1) is 5.41 Å². The van der Waals surface area contributed by atoms with Crippen LogP contribution in [0.25, 0.3) is 11.1 Å². The molecule has 1 N–H and O–H groups in total. The molecule has 2 aromatic rings. The molecule has 1 aliphatic heterocycles. The fourth-order valence-corrected chi connectivity index (χ4v) is 5.60. The Balaban J connectivity index is 1.62. The standard InChI is InChI=1S/C26H37N2O5P/c1-26(2,3)18-33-34(6,30)28-12-10-22(11-13-28)27-25(29)20-9-7-8-19(14-20)21-15-23(31-4)17-24(16-21)32-5/h7-9,14-17,22H,10-13,18H2,1-6H3,(H,27,29). The van der Waals surface area contributed by atoms with Crippen LogP contribution in [0.1, 0.15) is 44.0 Å². The minimum atomic E-state index is -2.84. The number of amides is 1. The molecule has 2 aromatic carbocycles. The summed E-state index contributed by atoms with van der Waals surface area (Å²) in [7, 11) is 0.389. The number of benzene rings is 2. The fourth-order valence-electron chi connectivity index (χ4n) is 3.85. The topological polar surface area (TPSA) is 77.1 Å². The van der Waals surface area contributed by atoms with E-state index in [1.165, 1.54) is 0 Å². The average Bonchev–Trinajstić information content (AvgIpc) is 2.82. The van der Waals surface area contributed by atoms with Gasteiger partial charge in [-0.15, -0.1) is 0 Å². The molecule has 1 heterocycles. The van der Waals surface area contributed by atoms with Crippen LogP contribution in [-0.4, -0.2) is 57.2 Å². The summed E-state index contributed by atoms with van der Waals surface area (Å²) in [6, 6.07) is 13.2. The summed E-state index contributed by atoms with van der Waals surface area (Å²) >= 11 is 0. The number of ether oxygens (including phenoxy) is 2. The maximum Gasteiger partial charge on any atom is 0.269 e. The zero-order valence-electron chi connectivity index (χ0n) is 21.1. The number of piperidine rings is 1. The number of hydrogen-bond acceptors (Lipinski definition) is 5. The summed E-state index contributed by atoms with van der Waals surface area (Å²) in [5.41, 5.74) is 2.37. The van der Waals surface area contributed by atoms with Crippen molar-refractivity contribution in [2.75, 3.05) is 40.6 Å². The van der Waals surface area contributed by atoms with Crippen molar-refractivity contribution in [3.8, 4) is 22.6 Å². The van der Waals surface area contributed by atoms with E-state index in [0.29, 0.717) is 36.8 Å². The molecule has 1 amide bonds. The maximum absolute atomic E-state index is 13.0. The van der Waals surface area contributed by atoms with Gasteiger partial charge in [0.1, 0.15) is 11.5 Å². The van der Waals surface area contributed by atoms with Gasteiger partial charge in [-0.3, -0.25) is 9.36 Å². The molecular formula is C26H37N2O5P. The van der Waals surface area contributed by atoms with Gasteiger partial charge in [-0.25, -0.2) is 4.67 Å². The predicted molar refractivity (Wildman–Crippen MR) is 136 cm³/mol. The minimum absolute atomic E-state index is 0.0342. The molecule has 3 rings (SSSR count). The Labute approximate surface area is 203 Å². The first kappa shape index (κ1) is 26.3. The van der Waals surface area contributed by atoms with Crippen LogP contribution < -0.4 is 14.8 Å². The van der Waals surface area contributed by atoms with Crippen molar-refractivity contribution < 1.29 is 23.4 Å². The van der Waals surface area contributed by atoms with Crippen molar-refractivity contribution in [3.05, 3.63) is 48.0 Å². The molecule has 0 aliphatic carbocycles. The third kappa shape index (κ3) is 7.08. The Morgan fingerprint density at radius 3 is 2.21 bits per heavy atom. The third-order valence-corrected chi connectivity index (χ3v) is 7.90. The largest absolute Gasteiger partial charge is 0.497 e. The summed E-state index contributed by atoms with van der Waals surface area (Å²) in [5.74, 6) is 1.27. The number of nitrogens with one attached hydrogen (secondary N) is 1. The van der Waals surface area contributed by atoms with Crippen molar-refractivity contribution in [2.24, 2.45) is 5.41 Å². The van der Waals surface area contributed by atoms with Crippen LogP contribution in [0.3, 0.4) is 0 Å². The van der Waals surface area contributed by atoms with E-state index in [1.54, 1.807) is 20.9 Å². The first-order chi connectivity index (χ1) is 16.0. The van der Waals surface area contributed by atoms with E-state index in [2.05, 4.69) is 26.1 Å².